The van der Waals surface area contributed by atoms with Crippen molar-refractivity contribution in [3.63, 3.8) is 0 Å². The fourth-order valence-electron chi connectivity index (χ4n) is 10.0. The van der Waals surface area contributed by atoms with Gasteiger partial charge in [0.15, 0.2) is 0 Å². The predicted octanol–water partition coefficient (Wildman–Crippen LogP) is 17.1. The van der Waals surface area contributed by atoms with Gasteiger partial charge >= 0.3 is 0 Å². The van der Waals surface area contributed by atoms with Crippen molar-refractivity contribution in [2.24, 2.45) is 0 Å². The maximum absolute atomic E-state index is 2.54. The van der Waals surface area contributed by atoms with Crippen LogP contribution in [0.2, 0.25) is 0 Å². The Morgan fingerprint density at radius 1 is 0.190 bits per heavy atom. The molecule has 1 heteroatoms. The highest BCUT2D eigenvalue weighted by Gasteiger charge is 2.21. The first-order chi connectivity index (χ1) is 31.2. The van der Waals surface area contributed by atoms with Crippen LogP contribution in [-0.2, 0) is 0 Å². The summed E-state index contributed by atoms with van der Waals surface area (Å²) in [6.07, 6.45) is 0. The molecule has 2 heterocycles. The highest BCUT2D eigenvalue weighted by Crippen LogP contribution is 2.45. The molecule has 13 aromatic rings. The predicted molar refractivity (Wildman–Crippen MR) is 269 cm³/mol. The second kappa shape index (κ2) is 14.2. The van der Waals surface area contributed by atoms with Gasteiger partial charge in [-0.25, -0.2) is 0 Å². The Balaban J connectivity index is 0.990. The first-order valence-corrected chi connectivity index (χ1v) is 21.8. The van der Waals surface area contributed by atoms with Gasteiger partial charge in [-0.3, -0.25) is 0 Å². The van der Waals surface area contributed by atoms with Crippen LogP contribution < -0.4 is 0 Å². The zero-order chi connectivity index (χ0) is 41.4. The van der Waals surface area contributed by atoms with Crippen LogP contribution in [0.3, 0.4) is 0 Å². The van der Waals surface area contributed by atoms with E-state index in [9.17, 15) is 0 Å². The van der Waals surface area contributed by atoms with Crippen LogP contribution in [0.15, 0.2) is 237 Å². The monoisotopic (exact) mass is 797 g/mol. The van der Waals surface area contributed by atoms with Gasteiger partial charge in [0.05, 0.1) is 16.6 Å². The molecule has 63 heavy (non-hydrogen) atoms. The minimum Gasteiger partial charge on any atom is -0.308 e. The van der Waals surface area contributed by atoms with Crippen molar-refractivity contribution in [3.8, 4) is 66.8 Å². The summed E-state index contributed by atoms with van der Waals surface area (Å²) in [5.74, 6) is 0. The third-order valence-electron chi connectivity index (χ3n) is 13.3. The summed E-state index contributed by atoms with van der Waals surface area (Å²) in [7, 11) is 0. The van der Waals surface area contributed by atoms with Crippen LogP contribution in [0, 0.1) is 0 Å². The Hall–Kier alpha value is -8.26. The molecule has 0 unspecified atom stereocenters. The smallest absolute Gasteiger partial charge is 0.0620 e. The van der Waals surface area contributed by atoms with Crippen molar-refractivity contribution >= 4 is 59.6 Å². The van der Waals surface area contributed by atoms with Crippen molar-refractivity contribution in [3.05, 3.63) is 237 Å². The Bertz CT molecular complexity index is 3620. The fraction of sp³-hybridized carbons (Fsp3) is 0. The summed E-state index contributed by atoms with van der Waals surface area (Å²) in [4.78, 5) is 0. The minimum absolute atomic E-state index is 1.22. The van der Waals surface area contributed by atoms with Gasteiger partial charge in [-0.2, -0.15) is 0 Å². The molecule has 0 saturated carbocycles. The summed E-state index contributed by atoms with van der Waals surface area (Å²) in [6.45, 7) is 0. The van der Waals surface area contributed by atoms with E-state index in [4.69, 9.17) is 0 Å². The van der Waals surface area contributed by atoms with E-state index >= 15 is 0 Å². The van der Waals surface area contributed by atoms with Gasteiger partial charge in [-0.1, -0.05) is 188 Å². The number of hydrogen-bond acceptors (Lipinski definition) is 0. The van der Waals surface area contributed by atoms with E-state index in [1.807, 2.05) is 0 Å². The van der Waals surface area contributed by atoms with Crippen LogP contribution in [0.1, 0.15) is 0 Å². The average Bonchev–Trinajstić information content (AvgIpc) is 3.86. The number of fused-ring (bicyclic) bond motifs is 8. The van der Waals surface area contributed by atoms with Crippen LogP contribution in [0.25, 0.3) is 126 Å². The molecule has 0 amide bonds. The van der Waals surface area contributed by atoms with Gasteiger partial charge in [0.2, 0.25) is 0 Å². The normalized spacial score (nSPS) is 11.8. The quantitative estimate of drug-likeness (QED) is 0.158. The molecule has 11 aromatic carbocycles. The first-order valence-electron chi connectivity index (χ1n) is 21.8. The standard InChI is InChI=1S/C62H39N/c1-4-10-40(11-5-1)43-16-22-46(23-17-43)49-28-30-51-34-56-58-36-55(48-26-20-45(21-27-48)42-14-8-3-9-15-42)37-59-57-35-52-31-29-50(47-24-18-44(19-25-47)41-12-6-2-7-13-41)33-54(52)39-61(57)63(62(58)59)60(56)38-53(51)32-49/h1-39H. The van der Waals surface area contributed by atoms with Crippen molar-refractivity contribution in [1.82, 2.24) is 4.40 Å². The molecular weight excluding hydrogens is 759 g/mol. The highest BCUT2D eigenvalue weighted by atomic mass is 14.9. The Labute approximate surface area is 365 Å². The summed E-state index contributed by atoms with van der Waals surface area (Å²) < 4.78 is 2.54. The lowest BCUT2D eigenvalue weighted by atomic mass is 9.95. The lowest BCUT2D eigenvalue weighted by molar-refractivity contribution is 1.38. The average molecular weight is 798 g/mol. The Morgan fingerprint density at radius 2 is 0.492 bits per heavy atom. The molecule has 0 saturated heterocycles. The molecule has 0 bridgehead atoms. The van der Waals surface area contributed by atoms with Crippen LogP contribution in [0.5, 0.6) is 0 Å². The summed E-state index contributed by atoms with van der Waals surface area (Å²) in [6, 6.07) is 87.3. The molecule has 0 radical (unpaired) electrons. The third kappa shape index (κ3) is 5.93. The number of nitrogens with zero attached hydrogens (tertiary/aromatic N) is 1. The molecule has 292 valence electrons. The maximum Gasteiger partial charge on any atom is 0.0620 e. The molecule has 0 fully saturated rings. The molecule has 0 aliphatic rings. The van der Waals surface area contributed by atoms with E-state index < -0.39 is 0 Å². The Kier molecular flexibility index (Phi) is 7.98. The van der Waals surface area contributed by atoms with Gasteiger partial charge in [0.25, 0.3) is 0 Å². The topological polar surface area (TPSA) is 4.41 Å². The molecular formula is C62H39N. The molecule has 0 spiro atoms. The second-order valence-corrected chi connectivity index (χ2v) is 16.9. The SMILES string of the molecule is c1ccc(-c2ccc(-c3ccc4cc5c6cc(-c7ccc(-c8ccccc8)cc7)cc7c8cc9ccc(-c%10ccc(-c%11ccccc%11)cc%10)cc9cc8n(c5cc4c3)c67)cc2)cc1. The summed E-state index contributed by atoms with van der Waals surface area (Å²) in [5.41, 5.74) is 18.4. The van der Waals surface area contributed by atoms with E-state index in [0.29, 0.717) is 0 Å². The molecule has 0 atom stereocenters. The summed E-state index contributed by atoms with van der Waals surface area (Å²) in [5, 5.41) is 10.1. The van der Waals surface area contributed by atoms with Crippen LogP contribution in [0.4, 0.5) is 0 Å². The van der Waals surface area contributed by atoms with E-state index in [1.54, 1.807) is 0 Å². The van der Waals surface area contributed by atoms with Crippen LogP contribution >= 0.6 is 0 Å². The largest absolute Gasteiger partial charge is 0.308 e. The highest BCUT2D eigenvalue weighted by molar-refractivity contribution is 6.27. The zero-order valence-corrected chi connectivity index (χ0v) is 34.5. The van der Waals surface area contributed by atoms with Crippen molar-refractivity contribution < 1.29 is 0 Å². The van der Waals surface area contributed by atoms with E-state index in [-0.39, 0.29) is 0 Å². The van der Waals surface area contributed by atoms with E-state index in [2.05, 4.69) is 241 Å². The molecule has 1 nitrogen and oxygen atoms in total. The van der Waals surface area contributed by atoms with Crippen molar-refractivity contribution in [2.45, 2.75) is 0 Å². The third-order valence-corrected chi connectivity index (χ3v) is 13.3. The van der Waals surface area contributed by atoms with Crippen molar-refractivity contribution in [1.29, 1.82) is 0 Å². The molecule has 0 aliphatic heterocycles. The van der Waals surface area contributed by atoms with E-state index in [0.717, 1.165) is 0 Å². The number of rotatable bonds is 6. The number of benzene rings is 11. The molecule has 13 rings (SSSR count). The summed E-state index contributed by atoms with van der Waals surface area (Å²) >= 11 is 0. The lowest BCUT2D eigenvalue weighted by Gasteiger charge is -2.09. The first kappa shape index (κ1) is 35.5. The zero-order valence-electron chi connectivity index (χ0n) is 34.5. The Morgan fingerprint density at radius 3 is 0.857 bits per heavy atom. The maximum atomic E-state index is 2.54. The van der Waals surface area contributed by atoms with Gasteiger partial charge in [0, 0.05) is 21.5 Å². The van der Waals surface area contributed by atoms with E-state index in [1.165, 1.54) is 126 Å². The van der Waals surface area contributed by atoms with Crippen molar-refractivity contribution in [2.75, 3.05) is 0 Å². The van der Waals surface area contributed by atoms with Gasteiger partial charge < -0.3 is 4.40 Å². The molecule has 0 N–H and O–H groups in total. The number of hydrogen-bond donors (Lipinski definition) is 0. The molecule has 0 aliphatic carbocycles. The van der Waals surface area contributed by atoms with Gasteiger partial charge in [0.1, 0.15) is 0 Å². The molecule has 2 aromatic heterocycles. The fourth-order valence-corrected chi connectivity index (χ4v) is 10.0. The van der Waals surface area contributed by atoms with Gasteiger partial charge in [-0.15, -0.1) is 0 Å². The van der Waals surface area contributed by atoms with Crippen LogP contribution in [-0.4, -0.2) is 4.40 Å². The lowest BCUT2D eigenvalue weighted by Crippen LogP contribution is -1.85. The second-order valence-electron chi connectivity index (χ2n) is 16.9. The minimum atomic E-state index is 1.22. The number of aromatic nitrogens is 1. The van der Waals surface area contributed by atoms with Gasteiger partial charge in [-0.05, 0) is 137 Å².